The zero-order chi connectivity index (χ0) is 33.3. The fourth-order valence-corrected chi connectivity index (χ4v) is 7.16. The number of para-hydroxylation sites is 3. The molecule has 0 radical (unpaired) electrons. The van der Waals surface area contributed by atoms with Crippen molar-refractivity contribution >= 4 is 38.9 Å². The maximum Gasteiger partial charge on any atom is 0.0541 e. The van der Waals surface area contributed by atoms with Gasteiger partial charge >= 0.3 is 0 Å². The summed E-state index contributed by atoms with van der Waals surface area (Å²) in [5.41, 5.74) is 14.1. The lowest BCUT2D eigenvalue weighted by molar-refractivity contribution is 1.18. The third kappa shape index (κ3) is 5.43. The van der Waals surface area contributed by atoms with Crippen molar-refractivity contribution < 1.29 is 0 Å². The average molecular weight is 639 g/mol. The van der Waals surface area contributed by atoms with Crippen molar-refractivity contribution in [3.8, 4) is 39.1 Å². The zero-order valence-corrected chi connectivity index (χ0v) is 27.5. The van der Waals surface area contributed by atoms with E-state index in [-0.39, 0.29) is 0 Å². The first-order valence-electron chi connectivity index (χ1n) is 17.1. The fraction of sp³-hybridized carbons (Fsp3) is 0. The third-order valence-corrected chi connectivity index (χ3v) is 9.59. The lowest BCUT2D eigenvalue weighted by atomic mass is 9.99. The molecule has 2 nitrogen and oxygen atoms in total. The summed E-state index contributed by atoms with van der Waals surface area (Å²) in [5, 5.41) is 2.54. The van der Waals surface area contributed by atoms with E-state index in [0.29, 0.717) is 0 Å². The Bertz CT molecular complexity index is 2510. The highest BCUT2D eigenvalue weighted by Crippen LogP contribution is 2.38. The molecular weight excluding hydrogens is 605 g/mol. The first kappa shape index (κ1) is 29.5. The molecule has 0 bridgehead atoms. The monoisotopic (exact) mass is 638 g/mol. The largest absolute Gasteiger partial charge is 0.310 e. The summed E-state index contributed by atoms with van der Waals surface area (Å²) in [7, 11) is 0. The Morgan fingerprint density at radius 2 is 0.700 bits per heavy atom. The Hall–Kier alpha value is -6.64. The summed E-state index contributed by atoms with van der Waals surface area (Å²) in [6, 6.07) is 74.0. The van der Waals surface area contributed by atoms with Crippen molar-refractivity contribution in [1.82, 2.24) is 4.57 Å². The van der Waals surface area contributed by atoms with Crippen LogP contribution in [0.5, 0.6) is 0 Å². The van der Waals surface area contributed by atoms with Crippen molar-refractivity contribution in [3.63, 3.8) is 0 Å². The van der Waals surface area contributed by atoms with E-state index in [0.717, 1.165) is 22.7 Å². The topological polar surface area (TPSA) is 8.17 Å². The minimum absolute atomic E-state index is 1.11. The van der Waals surface area contributed by atoms with E-state index in [1.807, 2.05) is 0 Å². The molecule has 1 aromatic heterocycles. The maximum absolute atomic E-state index is 2.38. The van der Waals surface area contributed by atoms with E-state index in [4.69, 9.17) is 0 Å². The van der Waals surface area contributed by atoms with Crippen LogP contribution in [0, 0.1) is 0 Å². The van der Waals surface area contributed by atoms with Crippen LogP contribution in [0.1, 0.15) is 0 Å². The molecule has 1 heterocycles. The second kappa shape index (κ2) is 12.8. The number of anilines is 3. The van der Waals surface area contributed by atoms with Crippen LogP contribution < -0.4 is 4.90 Å². The Kier molecular flexibility index (Phi) is 7.53. The van der Waals surface area contributed by atoms with Crippen LogP contribution in [0.3, 0.4) is 0 Å². The van der Waals surface area contributed by atoms with Gasteiger partial charge in [-0.25, -0.2) is 0 Å². The second-order valence-electron chi connectivity index (χ2n) is 12.6. The molecule has 0 spiro atoms. The predicted octanol–water partition coefficient (Wildman–Crippen LogP) is 13.3. The molecule has 0 saturated carbocycles. The van der Waals surface area contributed by atoms with Crippen LogP contribution in [0.25, 0.3) is 60.9 Å². The number of nitrogens with zero attached hydrogens (tertiary/aromatic N) is 2. The van der Waals surface area contributed by atoms with E-state index in [2.05, 4.69) is 216 Å². The molecule has 50 heavy (non-hydrogen) atoms. The Morgan fingerprint density at radius 1 is 0.280 bits per heavy atom. The van der Waals surface area contributed by atoms with Crippen LogP contribution in [0.2, 0.25) is 0 Å². The summed E-state index contributed by atoms with van der Waals surface area (Å²) < 4.78 is 2.38. The van der Waals surface area contributed by atoms with E-state index in [1.54, 1.807) is 0 Å². The van der Waals surface area contributed by atoms with Gasteiger partial charge in [-0.05, 0) is 94.0 Å². The molecule has 236 valence electrons. The quantitative estimate of drug-likeness (QED) is 0.169. The highest BCUT2D eigenvalue weighted by atomic mass is 15.1. The minimum Gasteiger partial charge on any atom is -0.310 e. The molecule has 0 atom stereocenters. The summed E-state index contributed by atoms with van der Waals surface area (Å²) >= 11 is 0. The maximum atomic E-state index is 2.38. The van der Waals surface area contributed by atoms with Crippen LogP contribution >= 0.6 is 0 Å². The van der Waals surface area contributed by atoms with Gasteiger partial charge in [-0.2, -0.15) is 0 Å². The van der Waals surface area contributed by atoms with Gasteiger partial charge < -0.3 is 9.47 Å². The molecule has 0 fully saturated rings. The second-order valence-corrected chi connectivity index (χ2v) is 12.6. The van der Waals surface area contributed by atoms with Crippen LogP contribution in [0.4, 0.5) is 17.1 Å². The number of aromatic nitrogens is 1. The average Bonchev–Trinajstić information content (AvgIpc) is 3.54. The van der Waals surface area contributed by atoms with E-state index < -0.39 is 0 Å². The van der Waals surface area contributed by atoms with Gasteiger partial charge in [0.25, 0.3) is 0 Å². The molecule has 0 unspecified atom stereocenters. The van der Waals surface area contributed by atoms with Gasteiger partial charge in [-0.3, -0.25) is 0 Å². The summed E-state index contributed by atoms with van der Waals surface area (Å²) in [6.45, 7) is 0. The number of rotatable bonds is 7. The SMILES string of the molecule is c1ccc(-c2ccc(-c3cccc(N(c4ccccc4)c4ccc(-c5cccc(-n6c7ccccc7c7ccccc76)c5)cc4)c3)cc2)cc1. The lowest BCUT2D eigenvalue weighted by Crippen LogP contribution is -2.09. The minimum atomic E-state index is 1.11. The van der Waals surface area contributed by atoms with Gasteiger partial charge in [-0.1, -0.05) is 146 Å². The Morgan fingerprint density at radius 3 is 1.34 bits per heavy atom. The molecule has 0 saturated heterocycles. The van der Waals surface area contributed by atoms with Gasteiger partial charge in [0.1, 0.15) is 0 Å². The van der Waals surface area contributed by atoms with Crippen molar-refractivity contribution in [1.29, 1.82) is 0 Å². The number of benzene rings is 8. The number of hydrogen-bond acceptors (Lipinski definition) is 1. The third-order valence-electron chi connectivity index (χ3n) is 9.59. The molecule has 0 aliphatic carbocycles. The molecule has 0 aliphatic heterocycles. The van der Waals surface area contributed by atoms with Gasteiger partial charge in [0.05, 0.1) is 11.0 Å². The summed E-state index contributed by atoms with van der Waals surface area (Å²) in [6.07, 6.45) is 0. The summed E-state index contributed by atoms with van der Waals surface area (Å²) in [5.74, 6) is 0. The summed E-state index contributed by atoms with van der Waals surface area (Å²) in [4.78, 5) is 2.33. The number of hydrogen-bond donors (Lipinski definition) is 0. The highest BCUT2D eigenvalue weighted by Gasteiger charge is 2.15. The smallest absolute Gasteiger partial charge is 0.0541 e. The van der Waals surface area contributed by atoms with E-state index >= 15 is 0 Å². The van der Waals surface area contributed by atoms with Crippen molar-refractivity contribution in [2.75, 3.05) is 4.90 Å². The molecule has 9 aromatic rings. The Balaban J connectivity index is 1.06. The van der Waals surface area contributed by atoms with Gasteiger partial charge in [0.2, 0.25) is 0 Å². The first-order chi connectivity index (χ1) is 24.8. The molecule has 8 aromatic carbocycles. The zero-order valence-electron chi connectivity index (χ0n) is 27.5. The molecule has 0 N–H and O–H groups in total. The van der Waals surface area contributed by atoms with Gasteiger partial charge in [-0.15, -0.1) is 0 Å². The van der Waals surface area contributed by atoms with Crippen molar-refractivity contribution in [2.24, 2.45) is 0 Å². The normalized spacial score (nSPS) is 11.2. The molecule has 9 rings (SSSR count). The molecule has 0 amide bonds. The molecule has 2 heteroatoms. The Labute approximate surface area is 292 Å². The van der Waals surface area contributed by atoms with E-state index in [1.165, 1.54) is 55.2 Å². The highest BCUT2D eigenvalue weighted by molar-refractivity contribution is 6.09. The fourth-order valence-electron chi connectivity index (χ4n) is 7.16. The lowest BCUT2D eigenvalue weighted by Gasteiger charge is -2.26. The standard InChI is InChI=1S/C48H34N2/c1-3-13-35(14-4-1)36-25-27-37(28-26-36)39-15-11-19-43(33-39)49(41-17-5-2-6-18-41)42-31-29-38(30-32-42)40-16-12-20-44(34-40)50-47-23-9-7-21-45(47)46-22-8-10-24-48(46)50/h1-34H. The van der Waals surface area contributed by atoms with Gasteiger partial charge in [0.15, 0.2) is 0 Å². The van der Waals surface area contributed by atoms with Crippen LogP contribution in [-0.2, 0) is 0 Å². The molecular formula is C48H34N2. The van der Waals surface area contributed by atoms with Crippen LogP contribution in [-0.4, -0.2) is 4.57 Å². The predicted molar refractivity (Wildman–Crippen MR) is 212 cm³/mol. The van der Waals surface area contributed by atoms with Crippen molar-refractivity contribution in [2.45, 2.75) is 0 Å². The number of fused-ring (bicyclic) bond motifs is 3. The molecule has 0 aliphatic rings. The van der Waals surface area contributed by atoms with Gasteiger partial charge in [0, 0.05) is 33.5 Å². The van der Waals surface area contributed by atoms with Crippen LogP contribution in [0.15, 0.2) is 206 Å². The van der Waals surface area contributed by atoms with E-state index in [9.17, 15) is 0 Å². The van der Waals surface area contributed by atoms with Crippen molar-refractivity contribution in [3.05, 3.63) is 206 Å². The first-order valence-corrected chi connectivity index (χ1v) is 17.1.